The fourth-order valence-corrected chi connectivity index (χ4v) is 4.74. The molecule has 0 aromatic carbocycles. The third-order valence-corrected chi connectivity index (χ3v) is 6.37. The second-order valence-corrected chi connectivity index (χ2v) is 8.03. The third kappa shape index (κ3) is 5.76. The third-order valence-electron chi connectivity index (χ3n) is 6.37. The molecule has 2 fully saturated rings. The molecule has 2 saturated carbocycles. The minimum Gasteiger partial charge on any atom is -0.195 e. The van der Waals surface area contributed by atoms with Crippen molar-refractivity contribution in [1.29, 1.82) is 5.26 Å². The average Bonchev–Trinajstić information content (AvgIpc) is 2.62. The molecular weight excluding hydrogens is 297 g/mol. The van der Waals surface area contributed by atoms with Crippen LogP contribution in [-0.2, 0) is 0 Å². The van der Waals surface area contributed by atoms with Crippen LogP contribution in [-0.4, -0.2) is 0 Å². The van der Waals surface area contributed by atoms with Gasteiger partial charge < -0.3 is 0 Å². The van der Waals surface area contributed by atoms with Crippen LogP contribution in [0.25, 0.3) is 0 Å². The fraction of sp³-hybridized carbons (Fsp3) is 0.773. The maximum Gasteiger partial charge on any atom is 0.196 e. The molecule has 24 heavy (non-hydrogen) atoms. The molecule has 0 spiro atoms. The lowest BCUT2D eigenvalue weighted by atomic mass is 9.70. The van der Waals surface area contributed by atoms with Crippen LogP contribution in [0.2, 0.25) is 0 Å². The number of hydrogen-bond acceptors (Lipinski definition) is 1. The highest BCUT2D eigenvalue weighted by atomic mass is 19.1. The van der Waals surface area contributed by atoms with Crippen molar-refractivity contribution in [2.75, 3.05) is 0 Å². The minimum atomic E-state index is -0.612. The lowest BCUT2D eigenvalue weighted by Crippen LogP contribution is -2.22. The number of nitriles is 1. The summed E-state index contributed by atoms with van der Waals surface area (Å²) in [6.45, 7) is 6.74. The minimum absolute atomic E-state index is 0.253. The molecule has 0 unspecified atom stereocenters. The van der Waals surface area contributed by atoms with Crippen molar-refractivity contribution in [1.82, 2.24) is 0 Å². The Labute approximate surface area is 148 Å². The van der Waals surface area contributed by atoms with E-state index in [2.05, 4.69) is 13.5 Å². The first-order valence-electron chi connectivity index (χ1n) is 10.1. The van der Waals surface area contributed by atoms with Crippen LogP contribution in [0.15, 0.2) is 24.1 Å². The molecule has 0 atom stereocenters. The lowest BCUT2D eigenvalue weighted by molar-refractivity contribution is 0.252. The van der Waals surface area contributed by atoms with E-state index >= 15 is 0 Å². The molecule has 0 aromatic rings. The Morgan fingerprint density at radius 3 is 2.17 bits per heavy atom. The number of halogens is 1. The Hall–Kier alpha value is -1.10. The molecule has 2 aliphatic rings. The van der Waals surface area contributed by atoms with Crippen LogP contribution in [0.4, 0.5) is 4.39 Å². The van der Waals surface area contributed by atoms with Gasteiger partial charge in [0.15, 0.2) is 5.83 Å². The molecule has 134 valence electrons. The van der Waals surface area contributed by atoms with Gasteiger partial charge in [-0.1, -0.05) is 44.8 Å². The van der Waals surface area contributed by atoms with E-state index in [4.69, 9.17) is 5.26 Å². The molecule has 2 rings (SSSR count). The standard InChI is InChI=1S/C22H34FN/c1-3-4-5-6-18-7-11-20(12-8-18)17(2)21-13-9-19(10-14-21)15-22(23)16-24/h15,18-21H,2-14H2,1H3. The van der Waals surface area contributed by atoms with Crippen LogP contribution in [0.5, 0.6) is 0 Å². The zero-order valence-electron chi connectivity index (χ0n) is 15.4. The van der Waals surface area contributed by atoms with Gasteiger partial charge in [-0.05, 0) is 81.1 Å². The summed E-state index contributed by atoms with van der Waals surface area (Å²) in [4.78, 5) is 0. The van der Waals surface area contributed by atoms with E-state index in [9.17, 15) is 4.39 Å². The summed E-state index contributed by atoms with van der Waals surface area (Å²) >= 11 is 0. The summed E-state index contributed by atoms with van der Waals surface area (Å²) in [5.74, 6) is 1.94. The van der Waals surface area contributed by atoms with Crippen molar-refractivity contribution in [2.45, 2.75) is 84.0 Å². The highest BCUT2D eigenvalue weighted by Gasteiger charge is 2.29. The quantitative estimate of drug-likeness (QED) is 0.277. The van der Waals surface area contributed by atoms with Crippen molar-refractivity contribution in [3.8, 4) is 6.07 Å². The summed E-state index contributed by atoms with van der Waals surface area (Å²) < 4.78 is 13.1. The number of unbranched alkanes of at least 4 members (excludes halogenated alkanes) is 2. The maximum atomic E-state index is 13.1. The number of rotatable bonds is 7. The summed E-state index contributed by atoms with van der Waals surface area (Å²) in [5, 5.41) is 8.56. The van der Waals surface area contributed by atoms with Crippen LogP contribution >= 0.6 is 0 Å². The van der Waals surface area contributed by atoms with Gasteiger partial charge in [0.2, 0.25) is 0 Å². The van der Waals surface area contributed by atoms with Crippen molar-refractivity contribution in [2.24, 2.45) is 23.7 Å². The molecule has 0 aliphatic heterocycles. The molecule has 2 heteroatoms. The average molecular weight is 332 g/mol. The van der Waals surface area contributed by atoms with E-state index in [0.717, 1.165) is 37.5 Å². The summed E-state index contributed by atoms with van der Waals surface area (Å²) in [6, 6.07) is 1.60. The van der Waals surface area contributed by atoms with Crippen LogP contribution in [0.3, 0.4) is 0 Å². The van der Waals surface area contributed by atoms with Gasteiger partial charge in [0, 0.05) is 0 Å². The van der Waals surface area contributed by atoms with Gasteiger partial charge in [0.1, 0.15) is 6.07 Å². The van der Waals surface area contributed by atoms with Crippen molar-refractivity contribution >= 4 is 0 Å². The van der Waals surface area contributed by atoms with Gasteiger partial charge in [0.25, 0.3) is 0 Å². The zero-order valence-corrected chi connectivity index (χ0v) is 15.4. The fourth-order valence-electron chi connectivity index (χ4n) is 4.74. The van der Waals surface area contributed by atoms with E-state index in [1.165, 1.54) is 63.0 Å². The van der Waals surface area contributed by atoms with Crippen molar-refractivity contribution in [3.63, 3.8) is 0 Å². The van der Waals surface area contributed by atoms with Crippen molar-refractivity contribution < 1.29 is 4.39 Å². The monoisotopic (exact) mass is 331 g/mol. The first-order valence-corrected chi connectivity index (χ1v) is 10.1. The normalized spacial score (nSPS) is 31.5. The van der Waals surface area contributed by atoms with E-state index < -0.39 is 5.83 Å². The summed E-state index contributed by atoms with van der Waals surface area (Å²) in [7, 11) is 0. The van der Waals surface area contributed by atoms with Crippen LogP contribution < -0.4 is 0 Å². The summed E-state index contributed by atoms with van der Waals surface area (Å²) in [5.41, 5.74) is 1.48. The molecular formula is C22H34FN. The van der Waals surface area contributed by atoms with Crippen LogP contribution in [0, 0.1) is 35.0 Å². The second kappa shape index (κ2) is 10.0. The van der Waals surface area contributed by atoms with Crippen molar-refractivity contribution in [3.05, 3.63) is 24.1 Å². The first-order chi connectivity index (χ1) is 11.6. The largest absolute Gasteiger partial charge is 0.196 e. The number of hydrogen-bond donors (Lipinski definition) is 0. The second-order valence-electron chi connectivity index (χ2n) is 8.03. The molecule has 1 nitrogen and oxygen atoms in total. The molecule has 0 saturated heterocycles. The maximum absolute atomic E-state index is 13.1. The predicted molar refractivity (Wildman–Crippen MR) is 99.0 cm³/mol. The first kappa shape index (κ1) is 19.2. The molecule has 0 bridgehead atoms. The zero-order chi connectivity index (χ0) is 17.4. The van der Waals surface area contributed by atoms with E-state index in [1.807, 2.05) is 0 Å². The highest BCUT2D eigenvalue weighted by Crippen LogP contribution is 2.42. The molecule has 0 aromatic heterocycles. The van der Waals surface area contributed by atoms with E-state index in [0.29, 0.717) is 5.92 Å². The van der Waals surface area contributed by atoms with Gasteiger partial charge in [-0.25, -0.2) is 0 Å². The van der Waals surface area contributed by atoms with Gasteiger partial charge in [-0.2, -0.15) is 9.65 Å². The molecule has 0 radical (unpaired) electrons. The predicted octanol–water partition coefficient (Wildman–Crippen LogP) is 7.11. The topological polar surface area (TPSA) is 23.8 Å². The van der Waals surface area contributed by atoms with E-state index in [1.54, 1.807) is 6.07 Å². The number of nitrogens with zero attached hydrogens (tertiary/aromatic N) is 1. The van der Waals surface area contributed by atoms with Gasteiger partial charge in [-0.15, -0.1) is 0 Å². The van der Waals surface area contributed by atoms with Crippen LogP contribution in [0.1, 0.15) is 84.0 Å². The van der Waals surface area contributed by atoms with Gasteiger partial charge >= 0.3 is 0 Å². The Morgan fingerprint density at radius 1 is 1.04 bits per heavy atom. The molecule has 0 amide bonds. The Balaban J connectivity index is 1.71. The number of allylic oxidation sites excluding steroid dienone is 3. The molecule has 0 N–H and O–H groups in total. The van der Waals surface area contributed by atoms with Gasteiger partial charge in [0.05, 0.1) is 0 Å². The molecule has 0 heterocycles. The molecule has 2 aliphatic carbocycles. The highest BCUT2D eigenvalue weighted by molar-refractivity contribution is 5.15. The smallest absolute Gasteiger partial charge is 0.195 e. The Morgan fingerprint density at radius 2 is 1.62 bits per heavy atom. The Bertz CT molecular complexity index is 457. The lowest BCUT2D eigenvalue weighted by Gasteiger charge is -2.35. The van der Waals surface area contributed by atoms with Gasteiger partial charge in [-0.3, -0.25) is 0 Å². The Kier molecular flexibility index (Phi) is 8.03. The summed E-state index contributed by atoms with van der Waals surface area (Å²) in [6.07, 6.45) is 16.8. The van der Waals surface area contributed by atoms with E-state index in [-0.39, 0.29) is 5.92 Å². The SMILES string of the molecule is C=C(C1CCC(C=C(F)C#N)CC1)C1CCC(CCCCC)CC1.